The van der Waals surface area contributed by atoms with Gasteiger partial charge in [0.25, 0.3) is 0 Å². The highest BCUT2D eigenvalue weighted by Gasteiger charge is 2.18. The van der Waals surface area contributed by atoms with Crippen LogP contribution in [0.15, 0.2) is 0 Å². The minimum absolute atomic E-state index is 0.217. The molecule has 0 amide bonds. The first-order valence-corrected chi connectivity index (χ1v) is 6.50. The Labute approximate surface area is 91.2 Å². The molecule has 2 atom stereocenters. The molecule has 1 saturated heterocycles. The van der Waals surface area contributed by atoms with Crippen molar-refractivity contribution in [3.8, 4) is 0 Å². The summed E-state index contributed by atoms with van der Waals surface area (Å²) >= 11 is 2.03. The molecule has 4 heteroatoms. The minimum Gasteiger partial charge on any atom is -0.390 e. The Balaban J connectivity index is 2.15. The van der Waals surface area contributed by atoms with E-state index in [1.165, 1.54) is 5.75 Å². The smallest absolute Gasteiger partial charge is 0.0791 e. The van der Waals surface area contributed by atoms with Crippen LogP contribution in [0.25, 0.3) is 0 Å². The summed E-state index contributed by atoms with van der Waals surface area (Å²) in [5.41, 5.74) is 0. The molecule has 1 aliphatic rings. The van der Waals surface area contributed by atoms with E-state index in [0.717, 1.165) is 31.4 Å². The monoisotopic (exact) mass is 218 g/mol. The Morgan fingerprint density at radius 2 is 2.43 bits per heavy atom. The Hall–Kier alpha value is 0.230. The molecule has 0 aromatic carbocycles. The summed E-state index contributed by atoms with van der Waals surface area (Å²) in [6.07, 6.45) is -0.217. The number of rotatable bonds is 5. The first-order valence-electron chi connectivity index (χ1n) is 5.45. The van der Waals surface area contributed by atoms with Gasteiger partial charge >= 0.3 is 0 Å². The van der Waals surface area contributed by atoms with Gasteiger partial charge in [-0.15, -0.1) is 0 Å². The molecule has 14 heavy (non-hydrogen) atoms. The van der Waals surface area contributed by atoms with Gasteiger partial charge in [-0.3, -0.25) is 4.90 Å². The third-order valence-electron chi connectivity index (χ3n) is 2.42. The van der Waals surface area contributed by atoms with Crippen LogP contribution >= 0.6 is 11.8 Å². The van der Waals surface area contributed by atoms with Gasteiger partial charge in [0.1, 0.15) is 0 Å². The first-order chi connectivity index (χ1) is 6.72. The number of likely N-dealkylation sites (N-methyl/N-ethyl adjacent to an activating group) is 1. The van der Waals surface area contributed by atoms with Crippen molar-refractivity contribution in [3.05, 3.63) is 0 Å². The van der Waals surface area contributed by atoms with Crippen LogP contribution in [0.2, 0.25) is 0 Å². The van der Waals surface area contributed by atoms with Crippen molar-refractivity contribution in [2.75, 3.05) is 38.5 Å². The highest BCUT2D eigenvalue weighted by atomic mass is 32.2. The molecule has 1 fully saturated rings. The standard InChI is InChI=1S/C10H22N2OS/c1-3-11-6-10(13)8-12-4-5-14-9(2)7-12/h9-11,13H,3-8H2,1-2H3. The van der Waals surface area contributed by atoms with Gasteiger partial charge in [0.2, 0.25) is 0 Å². The maximum Gasteiger partial charge on any atom is 0.0791 e. The maximum atomic E-state index is 9.71. The average molecular weight is 218 g/mol. The SMILES string of the molecule is CCNCC(O)CN1CCSC(C)C1. The number of aliphatic hydroxyl groups excluding tert-OH is 1. The van der Waals surface area contributed by atoms with Crippen LogP contribution < -0.4 is 5.32 Å². The second-order valence-corrected chi connectivity index (χ2v) is 5.45. The second-order valence-electron chi connectivity index (χ2n) is 3.90. The number of thioether (sulfide) groups is 1. The lowest BCUT2D eigenvalue weighted by Crippen LogP contribution is -2.43. The third-order valence-corrected chi connectivity index (χ3v) is 3.56. The molecule has 0 radical (unpaired) electrons. The summed E-state index contributed by atoms with van der Waals surface area (Å²) < 4.78 is 0. The van der Waals surface area contributed by atoms with E-state index in [9.17, 15) is 5.11 Å². The molecule has 0 aliphatic carbocycles. The van der Waals surface area contributed by atoms with Crippen LogP contribution in [0.4, 0.5) is 0 Å². The lowest BCUT2D eigenvalue weighted by molar-refractivity contribution is 0.114. The highest BCUT2D eigenvalue weighted by Crippen LogP contribution is 2.17. The molecule has 0 bridgehead atoms. The van der Waals surface area contributed by atoms with Gasteiger partial charge < -0.3 is 10.4 Å². The van der Waals surface area contributed by atoms with Crippen LogP contribution in [0.5, 0.6) is 0 Å². The van der Waals surface area contributed by atoms with E-state index in [4.69, 9.17) is 0 Å². The summed E-state index contributed by atoms with van der Waals surface area (Å²) in [5, 5.41) is 13.6. The van der Waals surface area contributed by atoms with Gasteiger partial charge in [0.05, 0.1) is 6.10 Å². The van der Waals surface area contributed by atoms with Crippen LogP contribution in [0, 0.1) is 0 Å². The summed E-state index contributed by atoms with van der Waals surface area (Å²) in [5.74, 6) is 1.20. The fourth-order valence-electron chi connectivity index (χ4n) is 1.73. The Bertz CT molecular complexity index is 157. The number of nitrogens with zero attached hydrogens (tertiary/aromatic N) is 1. The van der Waals surface area contributed by atoms with E-state index >= 15 is 0 Å². The van der Waals surface area contributed by atoms with Crippen molar-refractivity contribution < 1.29 is 5.11 Å². The topological polar surface area (TPSA) is 35.5 Å². The number of nitrogens with one attached hydrogen (secondary N) is 1. The molecule has 0 saturated carbocycles. The van der Waals surface area contributed by atoms with Crippen LogP contribution in [-0.4, -0.2) is 59.8 Å². The molecular formula is C10H22N2OS. The number of hydrogen-bond donors (Lipinski definition) is 2. The fourth-order valence-corrected chi connectivity index (χ4v) is 2.81. The molecule has 1 heterocycles. The first kappa shape index (κ1) is 12.3. The Kier molecular flexibility index (Phi) is 5.86. The van der Waals surface area contributed by atoms with E-state index in [-0.39, 0.29) is 6.10 Å². The van der Waals surface area contributed by atoms with E-state index in [1.807, 2.05) is 11.8 Å². The van der Waals surface area contributed by atoms with Gasteiger partial charge in [0.15, 0.2) is 0 Å². The number of aliphatic hydroxyl groups is 1. The largest absolute Gasteiger partial charge is 0.390 e. The molecule has 0 aromatic heterocycles. The minimum atomic E-state index is -0.217. The second kappa shape index (κ2) is 6.67. The summed E-state index contributed by atoms with van der Waals surface area (Å²) in [6, 6.07) is 0. The van der Waals surface area contributed by atoms with Gasteiger partial charge in [0, 0.05) is 37.2 Å². The normalized spacial score (nSPS) is 26.4. The molecule has 3 nitrogen and oxygen atoms in total. The van der Waals surface area contributed by atoms with E-state index < -0.39 is 0 Å². The van der Waals surface area contributed by atoms with Gasteiger partial charge in [-0.25, -0.2) is 0 Å². The molecule has 2 unspecified atom stereocenters. The molecule has 1 rings (SSSR count). The van der Waals surface area contributed by atoms with Crippen LogP contribution in [0.3, 0.4) is 0 Å². The highest BCUT2D eigenvalue weighted by molar-refractivity contribution is 7.99. The lowest BCUT2D eigenvalue weighted by Gasteiger charge is -2.31. The Morgan fingerprint density at radius 1 is 1.64 bits per heavy atom. The molecule has 1 aliphatic heterocycles. The zero-order chi connectivity index (χ0) is 10.4. The van der Waals surface area contributed by atoms with Crippen molar-refractivity contribution in [1.29, 1.82) is 0 Å². The molecule has 0 aromatic rings. The average Bonchev–Trinajstić information content (AvgIpc) is 2.15. The predicted molar refractivity (Wildman–Crippen MR) is 62.9 cm³/mol. The summed E-state index contributed by atoms with van der Waals surface area (Å²) in [7, 11) is 0. The lowest BCUT2D eigenvalue weighted by atomic mass is 10.3. The zero-order valence-electron chi connectivity index (χ0n) is 9.20. The summed E-state index contributed by atoms with van der Waals surface area (Å²) in [6.45, 7) is 9.03. The fraction of sp³-hybridized carbons (Fsp3) is 1.00. The number of β-amino-alcohol motifs (C(OH)–C–C–N with tert-alkyl or cyclic N) is 1. The van der Waals surface area contributed by atoms with Crippen LogP contribution in [-0.2, 0) is 0 Å². The maximum absolute atomic E-state index is 9.71. The van der Waals surface area contributed by atoms with Gasteiger partial charge in [-0.1, -0.05) is 13.8 Å². The summed E-state index contributed by atoms with van der Waals surface area (Å²) in [4.78, 5) is 2.36. The number of hydrogen-bond acceptors (Lipinski definition) is 4. The van der Waals surface area contributed by atoms with E-state index in [0.29, 0.717) is 6.54 Å². The quantitative estimate of drug-likeness (QED) is 0.700. The van der Waals surface area contributed by atoms with Gasteiger partial charge in [-0.2, -0.15) is 11.8 Å². The van der Waals surface area contributed by atoms with Gasteiger partial charge in [-0.05, 0) is 6.54 Å². The molecule has 84 valence electrons. The molecule has 0 spiro atoms. The van der Waals surface area contributed by atoms with Crippen molar-refractivity contribution in [2.24, 2.45) is 0 Å². The van der Waals surface area contributed by atoms with E-state index in [2.05, 4.69) is 24.1 Å². The van der Waals surface area contributed by atoms with Crippen molar-refractivity contribution in [1.82, 2.24) is 10.2 Å². The Morgan fingerprint density at radius 3 is 3.07 bits per heavy atom. The molecule has 2 N–H and O–H groups in total. The molecular weight excluding hydrogens is 196 g/mol. The van der Waals surface area contributed by atoms with Crippen molar-refractivity contribution in [3.63, 3.8) is 0 Å². The van der Waals surface area contributed by atoms with Crippen molar-refractivity contribution >= 4 is 11.8 Å². The third kappa shape index (κ3) is 4.64. The van der Waals surface area contributed by atoms with Crippen molar-refractivity contribution in [2.45, 2.75) is 25.2 Å². The predicted octanol–water partition coefficient (Wildman–Crippen LogP) is 0.394. The van der Waals surface area contributed by atoms with Crippen LogP contribution in [0.1, 0.15) is 13.8 Å². The zero-order valence-corrected chi connectivity index (χ0v) is 10.0. The van der Waals surface area contributed by atoms with E-state index in [1.54, 1.807) is 0 Å².